The second kappa shape index (κ2) is 13.4. The molecule has 1 aromatic carbocycles. The average Bonchev–Trinajstić information content (AvgIpc) is 2.95. The summed E-state index contributed by atoms with van der Waals surface area (Å²) in [6.45, 7) is 1.14. The highest BCUT2D eigenvalue weighted by molar-refractivity contribution is 6.68. The van der Waals surface area contributed by atoms with Crippen LogP contribution in [-0.4, -0.2) is 13.6 Å². The smallest absolute Gasteiger partial charge is 0.363 e. The largest absolute Gasteiger partial charge is 0.560 e. The lowest BCUT2D eigenvalue weighted by Crippen LogP contribution is -2.34. The van der Waals surface area contributed by atoms with Crippen molar-refractivity contribution in [3.05, 3.63) is 41.9 Å². The van der Waals surface area contributed by atoms with Gasteiger partial charge in [0.1, 0.15) is 0 Å². The van der Waals surface area contributed by atoms with E-state index in [-0.39, 0.29) is 0 Å². The molecule has 0 radical (unpaired) electrons. The molecular formula is C32H50B2O. The maximum absolute atomic E-state index is 7.39. The Bertz CT molecular complexity index is 717. The lowest BCUT2D eigenvalue weighted by Gasteiger charge is -2.37. The summed E-state index contributed by atoms with van der Waals surface area (Å²) in [6.07, 6.45) is 28.5. The van der Waals surface area contributed by atoms with Gasteiger partial charge in [0.15, 0.2) is 6.71 Å². The molecule has 1 nitrogen and oxygen atoms in total. The second-order valence-corrected chi connectivity index (χ2v) is 12.6. The Kier molecular flexibility index (Phi) is 9.80. The fourth-order valence-electron chi connectivity index (χ4n) is 8.33. The molecule has 4 saturated carbocycles. The van der Waals surface area contributed by atoms with Crippen molar-refractivity contribution in [3.8, 4) is 0 Å². The average molecular weight is 472 g/mol. The maximum Gasteiger partial charge on any atom is 0.363 e. The Balaban J connectivity index is 1.46. The van der Waals surface area contributed by atoms with E-state index in [0.29, 0.717) is 13.6 Å². The first-order valence-corrected chi connectivity index (χ1v) is 15.8. The third-order valence-electron chi connectivity index (χ3n) is 10.3. The standard InChI is InChI=1S/C32H50B2O/c1-6-16-27(17-7-1)32(26-33(28-18-8-2-9-19-28)29-20-10-3-11-21-29)35-34(30-22-12-4-13-23-30)31-24-14-5-15-25-31/h1,6-7,16-17,26,28-31H,2-5,8-15,18-25H2/b32-26+. The van der Waals surface area contributed by atoms with Gasteiger partial charge in [0.05, 0.1) is 5.76 Å². The van der Waals surface area contributed by atoms with E-state index in [1.165, 1.54) is 140 Å². The first-order chi connectivity index (χ1) is 17.4. The molecule has 4 aliphatic carbocycles. The van der Waals surface area contributed by atoms with Gasteiger partial charge in [-0.05, 0) is 11.6 Å². The van der Waals surface area contributed by atoms with E-state index in [4.69, 9.17) is 4.65 Å². The first-order valence-electron chi connectivity index (χ1n) is 15.8. The minimum atomic E-state index is 0.431. The van der Waals surface area contributed by atoms with Crippen LogP contribution in [0.15, 0.2) is 36.3 Å². The molecule has 0 heterocycles. The fourth-order valence-corrected chi connectivity index (χ4v) is 8.33. The van der Waals surface area contributed by atoms with Gasteiger partial charge < -0.3 is 4.65 Å². The van der Waals surface area contributed by atoms with E-state index in [1.54, 1.807) is 0 Å². The SMILES string of the molecule is C(/B(C1CCCCC1)C1CCCCC1)=C(\OB(C1CCCCC1)C1CCCCC1)c1ccccc1. The van der Waals surface area contributed by atoms with E-state index in [9.17, 15) is 0 Å². The van der Waals surface area contributed by atoms with Crippen LogP contribution in [0.3, 0.4) is 0 Å². The molecule has 0 saturated heterocycles. The summed E-state index contributed by atoms with van der Waals surface area (Å²) in [5.74, 6) is 7.24. The molecule has 0 N–H and O–H groups in total. The van der Waals surface area contributed by atoms with Gasteiger partial charge in [-0.3, -0.25) is 0 Å². The van der Waals surface area contributed by atoms with Crippen molar-refractivity contribution in [2.75, 3.05) is 0 Å². The van der Waals surface area contributed by atoms with Crippen molar-refractivity contribution in [2.24, 2.45) is 0 Å². The van der Waals surface area contributed by atoms with Crippen molar-refractivity contribution in [1.29, 1.82) is 0 Å². The zero-order valence-corrected chi connectivity index (χ0v) is 22.5. The quantitative estimate of drug-likeness (QED) is 0.270. The van der Waals surface area contributed by atoms with Gasteiger partial charge in [-0.2, -0.15) is 0 Å². The van der Waals surface area contributed by atoms with Crippen LogP contribution in [-0.2, 0) is 4.65 Å². The van der Waals surface area contributed by atoms with Crippen LogP contribution in [0, 0.1) is 0 Å². The Labute approximate surface area is 217 Å². The van der Waals surface area contributed by atoms with E-state index in [1.807, 2.05) is 0 Å². The summed E-state index contributed by atoms with van der Waals surface area (Å²) < 4.78 is 7.39. The fraction of sp³-hybridized carbons (Fsp3) is 0.750. The van der Waals surface area contributed by atoms with Gasteiger partial charge in [0.2, 0.25) is 0 Å². The second-order valence-electron chi connectivity index (χ2n) is 12.6. The molecule has 0 amide bonds. The topological polar surface area (TPSA) is 9.23 Å². The number of hydrogen-bond acceptors (Lipinski definition) is 1. The van der Waals surface area contributed by atoms with Crippen LogP contribution in [0.2, 0.25) is 23.3 Å². The third-order valence-corrected chi connectivity index (χ3v) is 10.3. The molecule has 35 heavy (non-hydrogen) atoms. The van der Waals surface area contributed by atoms with Gasteiger partial charge >= 0.3 is 6.92 Å². The minimum Gasteiger partial charge on any atom is -0.560 e. The lowest BCUT2D eigenvalue weighted by molar-refractivity contribution is 0.392. The number of hydrogen-bond donors (Lipinski definition) is 0. The van der Waals surface area contributed by atoms with Crippen molar-refractivity contribution < 1.29 is 4.65 Å². The van der Waals surface area contributed by atoms with Gasteiger partial charge in [0.25, 0.3) is 0 Å². The highest BCUT2D eigenvalue weighted by Gasteiger charge is 2.40. The molecule has 1 aromatic rings. The van der Waals surface area contributed by atoms with E-state index < -0.39 is 0 Å². The zero-order valence-electron chi connectivity index (χ0n) is 22.5. The zero-order chi connectivity index (χ0) is 23.7. The van der Waals surface area contributed by atoms with Crippen LogP contribution in [0.25, 0.3) is 5.76 Å². The van der Waals surface area contributed by atoms with Crippen molar-refractivity contribution in [3.63, 3.8) is 0 Å². The molecule has 0 spiro atoms. The lowest BCUT2D eigenvalue weighted by atomic mass is 9.30. The molecule has 4 fully saturated rings. The summed E-state index contributed by atoms with van der Waals surface area (Å²) in [5, 5.41) is 0. The summed E-state index contributed by atoms with van der Waals surface area (Å²) in [7, 11) is 0. The predicted molar refractivity (Wildman–Crippen MR) is 154 cm³/mol. The van der Waals surface area contributed by atoms with Crippen LogP contribution in [0.1, 0.15) is 134 Å². The minimum absolute atomic E-state index is 0.431. The number of benzene rings is 1. The molecule has 0 unspecified atom stereocenters. The Hall–Kier alpha value is -1.11. The van der Waals surface area contributed by atoms with E-state index in [0.717, 1.165) is 23.3 Å². The normalized spacial score (nSPS) is 24.3. The highest BCUT2D eigenvalue weighted by atomic mass is 16.4. The molecule has 0 aromatic heterocycles. The van der Waals surface area contributed by atoms with Gasteiger partial charge in [0, 0.05) is 5.56 Å². The maximum atomic E-state index is 7.39. The molecule has 0 bridgehead atoms. The molecule has 4 aliphatic rings. The summed E-state index contributed by atoms with van der Waals surface area (Å²) in [4.78, 5) is 0. The monoisotopic (exact) mass is 472 g/mol. The van der Waals surface area contributed by atoms with Gasteiger partial charge in [-0.15, -0.1) is 0 Å². The van der Waals surface area contributed by atoms with Crippen molar-refractivity contribution >= 4 is 19.4 Å². The van der Waals surface area contributed by atoms with Crippen LogP contribution < -0.4 is 0 Å². The van der Waals surface area contributed by atoms with E-state index >= 15 is 0 Å². The molecule has 190 valence electrons. The molecule has 5 rings (SSSR count). The number of rotatable bonds is 8. The predicted octanol–water partition coefficient (Wildman–Crippen LogP) is 10.4. The molecular weight excluding hydrogens is 422 g/mol. The van der Waals surface area contributed by atoms with Crippen LogP contribution in [0.5, 0.6) is 0 Å². The third kappa shape index (κ3) is 7.01. The summed E-state index contributed by atoms with van der Waals surface area (Å²) >= 11 is 0. The van der Waals surface area contributed by atoms with Crippen LogP contribution >= 0.6 is 0 Å². The molecule has 0 atom stereocenters. The summed E-state index contributed by atoms with van der Waals surface area (Å²) in [5.41, 5.74) is 1.33. The molecule has 0 aliphatic heterocycles. The first kappa shape index (κ1) is 25.5. The van der Waals surface area contributed by atoms with Crippen molar-refractivity contribution in [1.82, 2.24) is 0 Å². The van der Waals surface area contributed by atoms with Gasteiger partial charge in [-0.25, -0.2) is 0 Å². The summed E-state index contributed by atoms with van der Waals surface area (Å²) in [6, 6.07) is 11.3. The van der Waals surface area contributed by atoms with E-state index in [2.05, 4.69) is 36.3 Å². The Morgan fingerprint density at radius 2 is 0.943 bits per heavy atom. The Morgan fingerprint density at radius 3 is 1.37 bits per heavy atom. The van der Waals surface area contributed by atoms with Gasteiger partial charge in [-0.1, -0.05) is 176 Å². The van der Waals surface area contributed by atoms with Crippen molar-refractivity contribution in [2.45, 2.75) is 152 Å². The Morgan fingerprint density at radius 1 is 0.543 bits per heavy atom. The highest BCUT2D eigenvalue weighted by Crippen LogP contribution is 2.46. The molecule has 3 heteroatoms. The van der Waals surface area contributed by atoms with Crippen LogP contribution in [0.4, 0.5) is 0 Å².